The van der Waals surface area contributed by atoms with Crippen LogP contribution < -0.4 is 5.73 Å². The number of hydrogen-bond acceptors (Lipinski definition) is 5. The highest BCUT2D eigenvalue weighted by Crippen LogP contribution is 2.25. The lowest BCUT2D eigenvalue weighted by Gasteiger charge is -1.98. The largest absolute Gasteiger partial charge is 0.398 e. The van der Waals surface area contributed by atoms with Gasteiger partial charge in [-0.1, -0.05) is 16.8 Å². The van der Waals surface area contributed by atoms with E-state index >= 15 is 0 Å². The summed E-state index contributed by atoms with van der Waals surface area (Å²) in [5.74, 6) is 1.11. The molecular weight excluding hydrogens is 254 g/mol. The molecule has 1 aromatic carbocycles. The van der Waals surface area contributed by atoms with Crippen LogP contribution >= 0.6 is 11.6 Å². The molecule has 1 heterocycles. The number of ether oxygens (including phenoxy) is 1. The van der Waals surface area contributed by atoms with Crippen LogP contribution in [0.2, 0.25) is 5.02 Å². The Balaban J connectivity index is 2.11. The van der Waals surface area contributed by atoms with Crippen molar-refractivity contribution >= 4 is 17.3 Å². The Hall–Kier alpha value is -1.59. The van der Waals surface area contributed by atoms with Crippen molar-refractivity contribution in [3.05, 3.63) is 29.0 Å². The first-order valence-electron chi connectivity index (χ1n) is 5.57. The van der Waals surface area contributed by atoms with E-state index < -0.39 is 0 Å². The van der Waals surface area contributed by atoms with Gasteiger partial charge < -0.3 is 15.0 Å². The lowest BCUT2D eigenvalue weighted by atomic mass is 10.2. The van der Waals surface area contributed by atoms with Crippen LogP contribution in [0.25, 0.3) is 11.5 Å². The van der Waals surface area contributed by atoms with Gasteiger partial charge in [0.25, 0.3) is 5.89 Å². The molecule has 2 rings (SSSR count). The molecule has 1 aromatic heterocycles. The first-order valence-corrected chi connectivity index (χ1v) is 5.95. The van der Waals surface area contributed by atoms with Gasteiger partial charge in [-0.3, -0.25) is 0 Å². The topological polar surface area (TPSA) is 74.2 Å². The number of rotatable bonds is 5. The molecule has 2 aromatic rings. The predicted molar refractivity (Wildman–Crippen MR) is 69.4 cm³/mol. The number of nitrogen functional groups attached to an aromatic ring is 1. The van der Waals surface area contributed by atoms with Crippen LogP contribution in [0.3, 0.4) is 0 Å². The van der Waals surface area contributed by atoms with Crippen LogP contribution in [-0.2, 0) is 11.2 Å². The van der Waals surface area contributed by atoms with Crippen molar-refractivity contribution in [2.75, 3.05) is 19.5 Å². The fourth-order valence-electron chi connectivity index (χ4n) is 1.52. The van der Waals surface area contributed by atoms with Crippen molar-refractivity contribution in [3.8, 4) is 11.5 Å². The zero-order chi connectivity index (χ0) is 13.0. The molecule has 0 radical (unpaired) electrons. The second-order valence-corrected chi connectivity index (χ2v) is 4.26. The van der Waals surface area contributed by atoms with Crippen molar-refractivity contribution in [1.82, 2.24) is 10.1 Å². The molecule has 0 saturated heterocycles. The van der Waals surface area contributed by atoms with E-state index in [1.807, 2.05) is 0 Å². The minimum Gasteiger partial charge on any atom is -0.398 e. The number of anilines is 1. The monoisotopic (exact) mass is 267 g/mol. The van der Waals surface area contributed by atoms with Crippen molar-refractivity contribution in [1.29, 1.82) is 0 Å². The molecule has 0 saturated carbocycles. The van der Waals surface area contributed by atoms with E-state index in [0.29, 0.717) is 29.0 Å². The Kier molecular flexibility index (Phi) is 4.17. The summed E-state index contributed by atoms with van der Waals surface area (Å²) in [5.41, 5.74) is 6.98. The van der Waals surface area contributed by atoms with Gasteiger partial charge >= 0.3 is 0 Å². The summed E-state index contributed by atoms with van der Waals surface area (Å²) >= 11 is 5.85. The van der Waals surface area contributed by atoms with E-state index in [-0.39, 0.29) is 0 Å². The number of halogens is 1. The Morgan fingerprint density at radius 1 is 1.44 bits per heavy atom. The summed E-state index contributed by atoms with van der Waals surface area (Å²) in [4.78, 5) is 4.29. The fourth-order valence-corrected chi connectivity index (χ4v) is 1.64. The molecule has 2 N–H and O–H groups in total. The van der Waals surface area contributed by atoms with Crippen molar-refractivity contribution in [3.63, 3.8) is 0 Å². The molecule has 96 valence electrons. The molecule has 0 aliphatic rings. The molecule has 18 heavy (non-hydrogen) atoms. The molecule has 0 atom stereocenters. The summed E-state index contributed by atoms with van der Waals surface area (Å²) in [5, 5.41) is 4.41. The second-order valence-electron chi connectivity index (χ2n) is 3.85. The number of aryl methyl sites for hydroxylation is 1. The average molecular weight is 268 g/mol. The van der Waals surface area contributed by atoms with Gasteiger partial charge in [0.2, 0.25) is 0 Å². The number of hydrogen-bond donors (Lipinski definition) is 1. The highest BCUT2D eigenvalue weighted by molar-refractivity contribution is 6.33. The van der Waals surface area contributed by atoms with Crippen LogP contribution in [0, 0.1) is 0 Å². The Labute approximate surface area is 110 Å². The quantitative estimate of drug-likeness (QED) is 0.666. The number of methoxy groups -OCH3 is 1. The van der Waals surface area contributed by atoms with Crippen LogP contribution in [-0.4, -0.2) is 23.9 Å². The zero-order valence-corrected chi connectivity index (χ0v) is 10.8. The lowest BCUT2D eigenvalue weighted by Crippen LogP contribution is -1.94. The first-order chi connectivity index (χ1) is 8.70. The third kappa shape index (κ3) is 3.00. The number of benzene rings is 1. The molecule has 0 amide bonds. The Morgan fingerprint density at radius 3 is 3.00 bits per heavy atom. The van der Waals surface area contributed by atoms with E-state index in [2.05, 4.69) is 10.1 Å². The zero-order valence-electron chi connectivity index (χ0n) is 10.0. The molecule has 5 nitrogen and oxygen atoms in total. The summed E-state index contributed by atoms with van der Waals surface area (Å²) in [7, 11) is 1.66. The van der Waals surface area contributed by atoms with Crippen molar-refractivity contribution in [2.24, 2.45) is 0 Å². The average Bonchev–Trinajstić information content (AvgIpc) is 2.82. The predicted octanol–water partition coefficient (Wildman–Crippen LogP) is 2.55. The van der Waals surface area contributed by atoms with Crippen molar-refractivity contribution in [2.45, 2.75) is 12.8 Å². The highest BCUT2D eigenvalue weighted by atomic mass is 35.5. The SMILES string of the molecule is COCCCc1noc(-c2ccc(Cl)c(N)c2)n1. The molecule has 0 spiro atoms. The maximum atomic E-state index is 5.85. The first kappa shape index (κ1) is 12.9. The maximum Gasteiger partial charge on any atom is 0.257 e. The van der Waals surface area contributed by atoms with Crippen LogP contribution in [0.1, 0.15) is 12.2 Å². The van der Waals surface area contributed by atoms with E-state index in [4.69, 9.17) is 26.6 Å². The fraction of sp³-hybridized carbons (Fsp3) is 0.333. The minimum atomic E-state index is 0.450. The standard InChI is InChI=1S/C12H14ClN3O2/c1-17-6-2-3-11-15-12(18-16-11)8-4-5-9(13)10(14)7-8/h4-5,7H,2-3,6,14H2,1H3. The van der Waals surface area contributed by atoms with Gasteiger partial charge in [0.15, 0.2) is 5.82 Å². The number of aromatic nitrogens is 2. The van der Waals surface area contributed by atoms with E-state index in [0.717, 1.165) is 18.4 Å². The van der Waals surface area contributed by atoms with Gasteiger partial charge in [0.05, 0.1) is 10.7 Å². The summed E-state index contributed by atoms with van der Waals surface area (Å²) in [6.07, 6.45) is 1.58. The smallest absolute Gasteiger partial charge is 0.257 e. The van der Waals surface area contributed by atoms with Gasteiger partial charge in [-0.05, 0) is 24.6 Å². The molecule has 0 aliphatic carbocycles. The summed E-state index contributed by atoms with van der Waals surface area (Å²) in [6, 6.07) is 5.22. The van der Waals surface area contributed by atoms with E-state index in [1.54, 1.807) is 25.3 Å². The highest BCUT2D eigenvalue weighted by Gasteiger charge is 2.09. The molecule has 0 fully saturated rings. The van der Waals surface area contributed by atoms with Gasteiger partial charge in [0.1, 0.15) is 0 Å². The van der Waals surface area contributed by atoms with Crippen LogP contribution in [0.4, 0.5) is 5.69 Å². The van der Waals surface area contributed by atoms with Gasteiger partial charge in [-0.2, -0.15) is 4.98 Å². The minimum absolute atomic E-state index is 0.450. The molecule has 0 unspecified atom stereocenters. The normalized spacial score (nSPS) is 10.8. The van der Waals surface area contributed by atoms with Crippen LogP contribution in [0.15, 0.2) is 22.7 Å². The van der Waals surface area contributed by atoms with Crippen molar-refractivity contribution < 1.29 is 9.26 Å². The summed E-state index contributed by atoms with van der Waals surface area (Å²) in [6.45, 7) is 0.678. The molecule has 0 aliphatic heterocycles. The molecular formula is C12H14ClN3O2. The third-order valence-electron chi connectivity index (χ3n) is 2.46. The number of nitrogens with two attached hydrogens (primary N) is 1. The number of nitrogens with zero attached hydrogens (tertiary/aromatic N) is 2. The van der Waals surface area contributed by atoms with Crippen LogP contribution in [0.5, 0.6) is 0 Å². The Bertz CT molecular complexity index is 528. The van der Waals surface area contributed by atoms with Gasteiger partial charge in [-0.25, -0.2) is 0 Å². The second kappa shape index (κ2) is 5.84. The lowest BCUT2D eigenvalue weighted by molar-refractivity contribution is 0.194. The molecule has 0 bridgehead atoms. The van der Waals surface area contributed by atoms with Gasteiger partial charge in [-0.15, -0.1) is 0 Å². The maximum absolute atomic E-state index is 5.85. The van der Waals surface area contributed by atoms with E-state index in [9.17, 15) is 0 Å². The van der Waals surface area contributed by atoms with E-state index in [1.165, 1.54) is 0 Å². The Morgan fingerprint density at radius 2 is 2.28 bits per heavy atom. The van der Waals surface area contributed by atoms with Gasteiger partial charge in [0, 0.05) is 25.7 Å². The molecule has 6 heteroatoms. The third-order valence-corrected chi connectivity index (χ3v) is 2.80. The summed E-state index contributed by atoms with van der Waals surface area (Å²) < 4.78 is 10.1.